The second kappa shape index (κ2) is 8.79. The third-order valence-electron chi connectivity index (χ3n) is 4.24. The predicted molar refractivity (Wildman–Crippen MR) is 98.8 cm³/mol. The molecule has 0 saturated carbocycles. The van der Waals surface area contributed by atoms with E-state index in [0.29, 0.717) is 0 Å². The second-order valence-electron chi connectivity index (χ2n) is 6.35. The van der Waals surface area contributed by atoms with Crippen molar-refractivity contribution in [1.29, 1.82) is 0 Å². The molecule has 2 aromatic rings. The summed E-state index contributed by atoms with van der Waals surface area (Å²) in [6.45, 7) is -0.0558. The van der Waals surface area contributed by atoms with Crippen LogP contribution in [0.2, 0.25) is 10.0 Å². The summed E-state index contributed by atoms with van der Waals surface area (Å²) in [6, 6.07) is 0.313. The molecule has 0 aliphatic carbocycles. The summed E-state index contributed by atoms with van der Waals surface area (Å²) in [5.41, 5.74) is -2.34. The molecule has 1 fully saturated rings. The minimum Gasteiger partial charge on any atom is -0.342 e. The lowest BCUT2D eigenvalue weighted by molar-refractivity contribution is -0.141. The average molecular weight is 484 g/mol. The molecule has 1 aliphatic rings. The molecular weight excluding hydrogens is 472 g/mol. The maximum atomic E-state index is 13.2. The predicted octanol–water partition coefficient (Wildman–Crippen LogP) is 3.63. The van der Waals surface area contributed by atoms with E-state index in [4.69, 9.17) is 23.2 Å². The van der Waals surface area contributed by atoms with Gasteiger partial charge in [0.05, 0.1) is 21.8 Å². The van der Waals surface area contributed by atoms with Gasteiger partial charge in [-0.05, 0) is 18.2 Å². The van der Waals surface area contributed by atoms with E-state index in [9.17, 15) is 31.5 Å². The van der Waals surface area contributed by atoms with Gasteiger partial charge in [-0.3, -0.25) is 4.79 Å². The average Bonchev–Trinajstić information content (AvgIpc) is 3.11. The number of hydrogen-bond acceptors (Lipinski definition) is 4. The molecule has 0 bridgehead atoms. The normalized spacial score (nSPS) is 17.3. The van der Waals surface area contributed by atoms with Crippen molar-refractivity contribution >= 4 is 35.1 Å². The van der Waals surface area contributed by atoms with Crippen LogP contribution in [0.25, 0.3) is 0 Å². The monoisotopic (exact) mass is 483 g/mol. The van der Waals surface area contributed by atoms with E-state index in [1.54, 1.807) is 0 Å². The third-order valence-corrected chi connectivity index (χ3v) is 4.84. The highest BCUT2D eigenvalue weighted by atomic mass is 35.5. The number of alkyl halides is 5. The van der Waals surface area contributed by atoms with Crippen LogP contribution in [0.4, 0.5) is 26.7 Å². The second-order valence-corrected chi connectivity index (χ2v) is 7.16. The number of amides is 3. The fourth-order valence-electron chi connectivity index (χ4n) is 2.79. The quantitative estimate of drug-likeness (QED) is 0.565. The molecule has 0 aromatic carbocycles. The van der Waals surface area contributed by atoms with Gasteiger partial charge in [0.15, 0.2) is 5.69 Å². The molecule has 3 amide bonds. The Hall–Kier alpha value is -2.73. The Labute approximate surface area is 181 Å². The van der Waals surface area contributed by atoms with Gasteiger partial charge in [-0.2, -0.15) is 13.2 Å². The molecule has 3 heterocycles. The maximum absolute atomic E-state index is 13.2. The number of hydrogen-bond donors (Lipinski definition) is 3. The zero-order valence-corrected chi connectivity index (χ0v) is 16.6. The molecule has 31 heavy (non-hydrogen) atoms. The topological polar surface area (TPSA) is 96.0 Å². The van der Waals surface area contributed by atoms with Gasteiger partial charge in [0.25, 0.3) is 6.43 Å². The van der Waals surface area contributed by atoms with Crippen LogP contribution in [0.5, 0.6) is 0 Å². The van der Waals surface area contributed by atoms with Crippen molar-refractivity contribution in [3.63, 3.8) is 0 Å². The number of nitrogens with zero attached hydrogens (tertiary/aromatic N) is 2. The van der Waals surface area contributed by atoms with E-state index in [1.165, 1.54) is 6.07 Å². The molecule has 3 rings (SSSR count). The van der Waals surface area contributed by atoms with E-state index in [2.05, 4.69) is 25.9 Å². The Balaban J connectivity index is 2.02. The van der Waals surface area contributed by atoms with Gasteiger partial charge in [-0.15, -0.1) is 0 Å². The highest BCUT2D eigenvalue weighted by Gasteiger charge is 2.36. The Morgan fingerprint density at radius 1 is 1.23 bits per heavy atom. The van der Waals surface area contributed by atoms with Crippen LogP contribution in [0.15, 0.2) is 24.4 Å². The minimum atomic E-state index is -4.82. The van der Waals surface area contributed by atoms with Gasteiger partial charge < -0.3 is 16.0 Å². The molecule has 7 nitrogen and oxygen atoms in total. The van der Waals surface area contributed by atoms with Crippen molar-refractivity contribution in [2.75, 3.05) is 6.54 Å². The van der Waals surface area contributed by atoms with Gasteiger partial charge in [0.2, 0.25) is 5.91 Å². The Morgan fingerprint density at radius 3 is 2.48 bits per heavy atom. The van der Waals surface area contributed by atoms with Crippen LogP contribution >= 0.6 is 23.2 Å². The first-order valence-electron chi connectivity index (χ1n) is 8.49. The van der Waals surface area contributed by atoms with Crippen LogP contribution < -0.4 is 16.0 Å². The Morgan fingerprint density at radius 2 is 1.94 bits per heavy atom. The number of nitrogens with one attached hydrogen (secondary N) is 3. The fraction of sp³-hybridized carbons (Fsp3) is 0.294. The zero-order valence-electron chi connectivity index (χ0n) is 15.1. The van der Waals surface area contributed by atoms with Crippen LogP contribution in [0.3, 0.4) is 0 Å². The number of aromatic nitrogens is 2. The third kappa shape index (κ3) is 5.13. The number of halogens is 7. The number of urea groups is 1. The van der Waals surface area contributed by atoms with Crippen molar-refractivity contribution in [3.8, 4) is 0 Å². The fourth-order valence-corrected chi connectivity index (χ4v) is 3.26. The van der Waals surface area contributed by atoms with Crippen LogP contribution in [-0.2, 0) is 11.0 Å². The lowest BCUT2D eigenvalue weighted by Gasteiger charge is -2.22. The lowest BCUT2D eigenvalue weighted by Crippen LogP contribution is -2.44. The number of carbonyl (C=O) groups excluding carboxylic acids is 2. The van der Waals surface area contributed by atoms with Crippen LogP contribution in [0.1, 0.15) is 35.1 Å². The van der Waals surface area contributed by atoms with Gasteiger partial charge in [0, 0.05) is 18.3 Å². The van der Waals surface area contributed by atoms with Crippen molar-refractivity contribution in [2.45, 2.75) is 24.7 Å². The van der Waals surface area contributed by atoms with Crippen LogP contribution in [0, 0.1) is 0 Å². The highest BCUT2D eigenvalue weighted by molar-refractivity contribution is 6.31. The summed E-state index contributed by atoms with van der Waals surface area (Å²) >= 11 is 11.4. The van der Waals surface area contributed by atoms with E-state index in [0.717, 1.165) is 18.3 Å². The van der Waals surface area contributed by atoms with Crippen molar-refractivity contribution < 1.29 is 31.5 Å². The largest absolute Gasteiger partial charge is 0.434 e. The summed E-state index contributed by atoms with van der Waals surface area (Å²) in [5, 5.41) is 6.06. The molecular formula is C17H12Cl2F5N5O2. The number of carbonyl (C=O) groups is 2. The van der Waals surface area contributed by atoms with Crippen molar-refractivity contribution in [3.05, 3.63) is 57.1 Å². The number of pyridine rings is 2. The van der Waals surface area contributed by atoms with E-state index < -0.39 is 53.0 Å². The van der Waals surface area contributed by atoms with Crippen molar-refractivity contribution in [1.82, 2.24) is 25.9 Å². The summed E-state index contributed by atoms with van der Waals surface area (Å²) in [4.78, 5) is 30.9. The molecule has 14 heteroatoms. The van der Waals surface area contributed by atoms with Gasteiger partial charge in [-0.1, -0.05) is 23.2 Å². The van der Waals surface area contributed by atoms with Gasteiger partial charge in [-0.25, -0.2) is 23.5 Å². The van der Waals surface area contributed by atoms with E-state index in [-0.39, 0.29) is 22.8 Å². The molecule has 2 aromatic heterocycles. The molecule has 1 aliphatic heterocycles. The molecule has 0 radical (unpaired) electrons. The number of rotatable bonds is 5. The van der Waals surface area contributed by atoms with E-state index in [1.807, 2.05) is 0 Å². The SMILES string of the molecule is O=C1NC[C@@H](C(=O)N[C@@H](c2cnc(C(F)(F)F)c(Cl)c2)c2ccc(Cl)c(C(F)F)n2)N1. The molecule has 0 spiro atoms. The summed E-state index contributed by atoms with van der Waals surface area (Å²) in [6.07, 6.45) is -7.07. The standard InChI is InChI=1S/C17H12Cl2F5N5O2/c18-7-1-2-9(27-12(7)14(20)21)11(29-15(30)10-5-26-16(31)28-10)6-3-8(19)13(25-4-6)17(22,23)24/h1-4,10-11,14H,5H2,(H,29,30)(H2,26,28,31)/t10-,11-/m0/s1. The van der Waals surface area contributed by atoms with E-state index >= 15 is 0 Å². The Kier molecular flexibility index (Phi) is 6.51. The minimum absolute atomic E-state index is 0.0558. The first kappa shape index (κ1) is 22.9. The summed E-state index contributed by atoms with van der Waals surface area (Å²) in [5.74, 6) is -0.741. The first-order valence-corrected chi connectivity index (χ1v) is 9.25. The van der Waals surface area contributed by atoms with Gasteiger partial charge >= 0.3 is 12.2 Å². The van der Waals surface area contributed by atoms with Gasteiger partial charge in [0.1, 0.15) is 11.7 Å². The Bertz CT molecular complexity index is 1020. The molecule has 2 atom stereocenters. The highest BCUT2D eigenvalue weighted by Crippen LogP contribution is 2.35. The molecule has 166 valence electrons. The first-order chi connectivity index (χ1) is 14.5. The maximum Gasteiger partial charge on any atom is 0.434 e. The summed E-state index contributed by atoms with van der Waals surface area (Å²) < 4.78 is 65.4. The zero-order chi connectivity index (χ0) is 22.9. The summed E-state index contributed by atoms with van der Waals surface area (Å²) in [7, 11) is 0. The molecule has 1 saturated heterocycles. The van der Waals surface area contributed by atoms with Crippen molar-refractivity contribution in [2.24, 2.45) is 0 Å². The smallest absolute Gasteiger partial charge is 0.342 e. The molecule has 0 unspecified atom stereocenters. The lowest BCUT2D eigenvalue weighted by atomic mass is 10.0. The van der Waals surface area contributed by atoms with Crippen LogP contribution in [-0.4, -0.2) is 34.5 Å². The molecule has 3 N–H and O–H groups in total.